The molecule has 2 N–H and O–H groups in total. The Balaban J connectivity index is 2.43. The second-order valence-corrected chi connectivity index (χ2v) is 4.61. The molecular formula is C12H21NO4. The molecule has 0 aromatic carbocycles. The number of rotatable bonds is 6. The van der Waals surface area contributed by atoms with E-state index in [1.54, 1.807) is 0 Å². The SMILES string of the molecule is CCC(C)[C@H](NC(=O)CC1CCCO1)C(=O)O. The molecule has 1 saturated heterocycles. The molecule has 1 rings (SSSR count). The average Bonchev–Trinajstić information content (AvgIpc) is 2.77. The number of carbonyl (C=O) groups is 2. The summed E-state index contributed by atoms with van der Waals surface area (Å²) >= 11 is 0. The van der Waals surface area contributed by atoms with Gasteiger partial charge in [0.2, 0.25) is 5.91 Å². The lowest BCUT2D eigenvalue weighted by Crippen LogP contribution is -2.45. The zero-order valence-corrected chi connectivity index (χ0v) is 10.4. The fourth-order valence-corrected chi connectivity index (χ4v) is 1.93. The Kier molecular flexibility index (Phi) is 5.41. The highest BCUT2D eigenvalue weighted by Gasteiger charge is 2.27. The van der Waals surface area contributed by atoms with E-state index in [1.165, 1.54) is 0 Å². The molecule has 1 amide bonds. The van der Waals surface area contributed by atoms with E-state index in [0.717, 1.165) is 19.3 Å². The van der Waals surface area contributed by atoms with Gasteiger partial charge in [-0.1, -0.05) is 20.3 Å². The zero-order chi connectivity index (χ0) is 12.8. The molecule has 0 aliphatic carbocycles. The fourth-order valence-electron chi connectivity index (χ4n) is 1.93. The molecule has 0 spiro atoms. The maximum Gasteiger partial charge on any atom is 0.326 e. The van der Waals surface area contributed by atoms with Gasteiger partial charge in [0.25, 0.3) is 0 Å². The van der Waals surface area contributed by atoms with E-state index in [9.17, 15) is 9.59 Å². The average molecular weight is 243 g/mol. The number of amides is 1. The van der Waals surface area contributed by atoms with Gasteiger partial charge in [-0.2, -0.15) is 0 Å². The second kappa shape index (κ2) is 6.59. The number of carboxylic acids is 1. The van der Waals surface area contributed by atoms with Crippen LogP contribution in [0, 0.1) is 5.92 Å². The second-order valence-electron chi connectivity index (χ2n) is 4.61. The molecule has 1 heterocycles. The van der Waals surface area contributed by atoms with Gasteiger partial charge in [0.1, 0.15) is 6.04 Å². The molecule has 5 heteroatoms. The first-order valence-corrected chi connectivity index (χ1v) is 6.18. The van der Waals surface area contributed by atoms with Gasteiger partial charge in [-0.3, -0.25) is 4.79 Å². The molecule has 3 atom stereocenters. The summed E-state index contributed by atoms with van der Waals surface area (Å²) in [5.74, 6) is -1.27. The van der Waals surface area contributed by atoms with Gasteiger partial charge in [-0.25, -0.2) is 4.79 Å². The highest BCUT2D eigenvalue weighted by molar-refractivity contribution is 5.83. The van der Waals surface area contributed by atoms with E-state index in [-0.39, 0.29) is 24.3 Å². The van der Waals surface area contributed by atoms with Gasteiger partial charge in [0, 0.05) is 6.61 Å². The highest BCUT2D eigenvalue weighted by Crippen LogP contribution is 2.15. The van der Waals surface area contributed by atoms with Crippen molar-refractivity contribution in [3.05, 3.63) is 0 Å². The molecular weight excluding hydrogens is 222 g/mol. The highest BCUT2D eigenvalue weighted by atomic mass is 16.5. The Morgan fingerprint density at radius 1 is 1.53 bits per heavy atom. The van der Waals surface area contributed by atoms with Crippen LogP contribution in [0.1, 0.15) is 39.5 Å². The topological polar surface area (TPSA) is 75.6 Å². The molecule has 1 fully saturated rings. The molecule has 0 aromatic rings. The standard InChI is InChI=1S/C12H21NO4/c1-3-8(2)11(12(15)16)13-10(14)7-9-5-4-6-17-9/h8-9,11H,3-7H2,1-2H3,(H,13,14)(H,15,16)/t8?,9?,11-/m0/s1. The van der Waals surface area contributed by atoms with Crippen LogP contribution in [-0.4, -0.2) is 35.7 Å². The van der Waals surface area contributed by atoms with Crippen molar-refractivity contribution in [1.82, 2.24) is 5.32 Å². The van der Waals surface area contributed by atoms with Crippen LogP contribution in [0.5, 0.6) is 0 Å². The molecule has 98 valence electrons. The molecule has 0 bridgehead atoms. The van der Waals surface area contributed by atoms with Crippen molar-refractivity contribution in [2.45, 2.75) is 51.7 Å². The van der Waals surface area contributed by atoms with Crippen molar-refractivity contribution < 1.29 is 19.4 Å². The minimum Gasteiger partial charge on any atom is -0.480 e. The predicted molar refractivity (Wildman–Crippen MR) is 62.6 cm³/mol. The van der Waals surface area contributed by atoms with Crippen molar-refractivity contribution >= 4 is 11.9 Å². The minimum absolute atomic E-state index is 0.0404. The van der Waals surface area contributed by atoms with Crippen molar-refractivity contribution in [2.75, 3.05) is 6.61 Å². The number of nitrogens with one attached hydrogen (secondary N) is 1. The van der Waals surface area contributed by atoms with Crippen molar-refractivity contribution in [3.8, 4) is 0 Å². The Bertz CT molecular complexity index is 274. The van der Waals surface area contributed by atoms with E-state index in [2.05, 4.69) is 5.32 Å². The largest absolute Gasteiger partial charge is 0.480 e. The number of hydrogen-bond acceptors (Lipinski definition) is 3. The van der Waals surface area contributed by atoms with E-state index < -0.39 is 12.0 Å². The van der Waals surface area contributed by atoms with Gasteiger partial charge in [-0.15, -0.1) is 0 Å². The quantitative estimate of drug-likeness (QED) is 0.734. The summed E-state index contributed by atoms with van der Waals surface area (Å²) in [6, 6.07) is -0.797. The first-order valence-electron chi connectivity index (χ1n) is 6.18. The third-order valence-electron chi connectivity index (χ3n) is 3.23. The van der Waals surface area contributed by atoms with Crippen LogP contribution >= 0.6 is 0 Å². The summed E-state index contributed by atoms with van der Waals surface area (Å²) in [5.41, 5.74) is 0. The summed E-state index contributed by atoms with van der Waals surface area (Å²) in [5, 5.41) is 11.6. The summed E-state index contributed by atoms with van der Waals surface area (Å²) in [4.78, 5) is 22.7. The summed E-state index contributed by atoms with van der Waals surface area (Å²) in [6.07, 6.45) is 2.80. The van der Waals surface area contributed by atoms with E-state index in [1.807, 2.05) is 13.8 Å². The number of ether oxygens (including phenoxy) is 1. The molecule has 1 aliphatic rings. The van der Waals surface area contributed by atoms with Gasteiger partial charge in [-0.05, 0) is 18.8 Å². The molecule has 0 saturated carbocycles. The molecule has 1 aliphatic heterocycles. The third kappa shape index (κ3) is 4.34. The van der Waals surface area contributed by atoms with Crippen molar-refractivity contribution in [3.63, 3.8) is 0 Å². The molecule has 2 unspecified atom stereocenters. The van der Waals surface area contributed by atoms with Crippen LogP contribution in [-0.2, 0) is 14.3 Å². The molecule has 17 heavy (non-hydrogen) atoms. The van der Waals surface area contributed by atoms with Crippen LogP contribution in [0.3, 0.4) is 0 Å². The van der Waals surface area contributed by atoms with Crippen molar-refractivity contribution in [2.24, 2.45) is 5.92 Å². The summed E-state index contributed by atoms with van der Waals surface area (Å²) in [6.45, 7) is 4.43. The lowest BCUT2D eigenvalue weighted by Gasteiger charge is -2.20. The first kappa shape index (κ1) is 14.0. The number of aliphatic carboxylic acids is 1. The van der Waals surface area contributed by atoms with E-state index in [0.29, 0.717) is 6.61 Å². The Morgan fingerprint density at radius 2 is 2.24 bits per heavy atom. The van der Waals surface area contributed by atoms with Gasteiger partial charge in [0.05, 0.1) is 12.5 Å². The Labute approximate surface area is 102 Å². The van der Waals surface area contributed by atoms with Gasteiger partial charge < -0.3 is 15.2 Å². The Hall–Kier alpha value is -1.10. The molecule has 0 radical (unpaired) electrons. The van der Waals surface area contributed by atoms with Crippen LogP contribution in [0.15, 0.2) is 0 Å². The zero-order valence-electron chi connectivity index (χ0n) is 10.4. The minimum atomic E-state index is -0.972. The summed E-state index contributed by atoms with van der Waals surface area (Å²) < 4.78 is 5.34. The molecule has 0 aromatic heterocycles. The first-order chi connectivity index (χ1) is 8.04. The number of carboxylic acid groups (broad SMARTS) is 1. The lowest BCUT2D eigenvalue weighted by atomic mass is 9.99. The molecule has 5 nitrogen and oxygen atoms in total. The number of hydrogen-bond donors (Lipinski definition) is 2. The van der Waals surface area contributed by atoms with Crippen LogP contribution in [0.2, 0.25) is 0 Å². The maximum atomic E-state index is 11.7. The Morgan fingerprint density at radius 3 is 2.71 bits per heavy atom. The third-order valence-corrected chi connectivity index (χ3v) is 3.23. The number of carbonyl (C=O) groups excluding carboxylic acids is 1. The van der Waals surface area contributed by atoms with Gasteiger partial charge in [0.15, 0.2) is 0 Å². The fraction of sp³-hybridized carbons (Fsp3) is 0.833. The lowest BCUT2D eigenvalue weighted by molar-refractivity contribution is -0.143. The van der Waals surface area contributed by atoms with Gasteiger partial charge >= 0.3 is 5.97 Å². The predicted octanol–water partition coefficient (Wildman–Crippen LogP) is 1.17. The van der Waals surface area contributed by atoms with Crippen LogP contribution in [0.4, 0.5) is 0 Å². The smallest absolute Gasteiger partial charge is 0.326 e. The van der Waals surface area contributed by atoms with Crippen LogP contribution in [0.25, 0.3) is 0 Å². The monoisotopic (exact) mass is 243 g/mol. The van der Waals surface area contributed by atoms with Crippen LogP contribution < -0.4 is 5.32 Å². The normalized spacial score (nSPS) is 23.1. The summed E-state index contributed by atoms with van der Waals surface area (Å²) in [7, 11) is 0. The van der Waals surface area contributed by atoms with Crippen molar-refractivity contribution in [1.29, 1.82) is 0 Å². The van der Waals surface area contributed by atoms with E-state index >= 15 is 0 Å². The maximum absolute atomic E-state index is 11.7. The van der Waals surface area contributed by atoms with E-state index in [4.69, 9.17) is 9.84 Å².